The molecule has 0 amide bonds. The molecule has 1 atom stereocenters. The number of hydrogen-bond acceptors (Lipinski definition) is 2. The quantitative estimate of drug-likeness (QED) is 0.648. The Kier molecular flexibility index (Phi) is 5.17. The number of rotatable bonds is 2. The fourth-order valence-electron chi connectivity index (χ4n) is 1.76. The van der Waals surface area contributed by atoms with Gasteiger partial charge in [0.2, 0.25) is 0 Å². The van der Waals surface area contributed by atoms with Gasteiger partial charge in [-0.2, -0.15) is 13.2 Å². The van der Waals surface area contributed by atoms with Crippen molar-refractivity contribution in [2.45, 2.75) is 17.2 Å². The van der Waals surface area contributed by atoms with E-state index in [0.29, 0.717) is 5.56 Å². The van der Waals surface area contributed by atoms with Crippen LogP contribution in [-0.2, 0) is 6.18 Å². The Hall–Kier alpha value is -1.90. The second kappa shape index (κ2) is 6.91. The Balaban J connectivity index is 2.12. The molecule has 0 aromatic heterocycles. The Morgan fingerprint density at radius 2 is 1.59 bits per heavy atom. The van der Waals surface area contributed by atoms with Crippen LogP contribution in [0.1, 0.15) is 22.8 Å². The van der Waals surface area contributed by atoms with Crippen LogP contribution in [0.4, 0.5) is 13.2 Å². The molecule has 2 aromatic rings. The minimum atomic E-state index is -4.38. The molecular weight excluding hydrogens is 309 g/mol. The third-order valence-electron chi connectivity index (χ3n) is 3.00. The minimum Gasteiger partial charge on any atom is -0.376 e. The highest BCUT2D eigenvalue weighted by Gasteiger charge is 2.30. The van der Waals surface area contributed by atoms with Crippen LogP contribution < -0.4 is 0 Å². The molecule has 0 aliphatic heterocycles. The van der Waals surface area contributed by atoms with Crippen molar-refractivity contribution in [2.75, 3.05) is 6.26 Å². The van der Waals surface area contributed by atoms with Gasteiger partial charge in [0.25, 0.3) is 0 Å². The van der Waals surface area contributed by atoms with Gasteiger partial charge in [0.05, 0.1) is 5.56 Å². The molecule has 22 heavy (non-hydrogen) atoms. The van der Waals surface area contributed by atoms with Gasteiger partial charge in [-0.05, 0) is 48.2 Å². The largest absolute Gasteiger partial charge is 0.416 e. The fourth-order valence-corrected chi connectivity index (χ4v) is 2.17. The first kappa shape index (κ1) is 16.5. The number of hydrogen-bond donors (Lipinski definition) is 1. The van der Waals surface area contributed by atoms with Gasteiger partial charge in [0.15, 0.2) is 0 Å². The summed E-state index contributed by atoms with van der Waals surface area (Å²) in [4.78, 5) is 1.11. The minimum absolute atomic E-state index is 0.334. The summed E-state index contributed by atoms with van der Waals surface area (Å²) >= 11 is 1.61. The Morgan fingerprint density at radius 1 is 1.00 bits per heavy atom. The summed E-state index contributed by atoms with van der Waals surface area (Å²) < 4.78 is 37.4. The third kappa shape index (κ3) is 4.30. The highest BCUT2D eigenvalue weighted by molar-refractivity contribution is 7.98. The van der Waals surface area contributed by atoms with Crippen LogP contribution >= 0.6 is 11.8 Å². The van der Waals surface area contributed by atoms with Crippen LogP contribution in [0.5, 0.6) is 0 Å². The van der Waals surface area contributed by atoms with Crippen LogP contribution in [-0.4, -0.2) is 11.4 Å². The van der Waals surface area contributed by atoms with Crippen LogP contribution in [0.3, 0.4) is 0 Å². The molecule has 1 unspecified atom stereocenters. The van der Waals surface area contributed by atoms with Crippen molar-refractivity contribution < 1.29 is 18.3 Å². The van der Waals surface area contributed by atoms with Gasteiger partial charge in [-0.1, -0.05) is 24.0 Å². The number of alkyl halides is 3. The molecule has 0 heterocycles. The van der Waals surface area contributed by atoms with E-state index in [1.165, 1.54) is 12.1 Å². The molecule has 0 spiro atoms. The summed E-state index contributed by atoms with van der Waals surface area (Å²) in [6, 6.07) is 11.8. The van der Waals surface area contributed by atoms with Gasteiger partial charge in [-0.3, -0.25) is 0 Å². The first-order valence-electron chi connectivity index (χ1n) is 6.41. The molecule has 0 saturated carbocycles. The lowest BCUT2D eigenvalue weighted by Crippen LogP contribution is -2.05. The van der Waals surface area contributed by atoms with E-state index < -0.39 is 17.8 Å². The zero-order valence-electron chi connectivity index (χ0n) is 11.7. The lowest BCUT2D eigenvalue weighted by molar-refractivity contribution is -0.137. The zero-order valence-corrected chi connectivity index (χ0v) is 12.5. The molecule has 2 rings (SSSR count). The predicted molar refractivity (Wildman–Crippen MR) is 81.5 cm³/mol. The second-order valence-electron chi connectivity index (χ2n) is 4.52. The smallest absolute Gasteiger partial charge is 0.376 e. The standard InChI is InChI=1S/C17H13F3OS/c1-22-15-9-2-12(3-10-15)4-11-16(21)13-5-7-14(8-6-13)17(18,19)20/h2-3,5-10,16,21H,1H3. The Labute approximate surface area is 131 Å². The van der Waals surface area contributed by atoms with E-state index in [0.717, 1.165) is 22.6 Å². The van der Waals surface area contributed by atoms with E-state index >= 15 is 0 Å². The average Bonchev–Trinajstić information content (AvgIpc) is 2.52. The first-order chi connectivity index (χ1) is 10.4. The van der Waals surface area contributed by atoms with Gasteiger partial charge in [-0.25, -0.2) is 0 Å². The molecule has 2 aromatic carbocycles. The van der Waals surface area contributed by atoms with E-state index in [-0.39, 0.29) is 0 Å². The van der Waals surface area contributed by atoms with Gasteiger partial charge in [0, 0.05) is 10.5 Å². The normalized spacial score (nSPS) is 12.4. The zero-order chi connectivity index (χ0) is 16.2. The monoisotopic (exact) mass is 322 g/mol. The summed E-state index contributed by atoms with van der Waals surface area (Å²) in [6.07, 6.45) is -3.54. The molecular formula is C17H13F3OS. The maximum absolute atomic E-state index is 12.5. The van der Waals surface area contributed by atoms with Gasteiger partial charge >= 0.3 is 6.18 Å². The maximum Gasteiger partial charge on any atom is 0.416 e. The van der Waals surface area contributed by atoms with Crippen molar-refractivity contribution in [3.05, 3.63) is 65.2 Å². The van der Waals surface area contributed by atoms with Crippen molar-refractivity contribution in [3.63, 3.8) is 0 Å². The SMILES string of the molecule is CSc1ccc(C#CC(O)c2ccc(C(F)(F)F)cc2)cc1. The number of aliphatic hydroxyl groups is 1. The lowest BCUT2D eigenvalue weighted by Gasteiger charge is -2.08. The van der Waals surface area contributed by atoms with Crippen LogP contribution in [0.25, 0.3) is 0 Å². The highest BCUT2D eigenvalue weighted by atomic mass is 32.2. The van der Waals surface area contributed by atoms with Crippen molar-refractivity contribution in [3.8, 4) is 11.8 Å². The number of halogens is 3. The van der Waals surface area contributed by atoms with Gasteiger partial charge < -0.3 is 5.11 Å². The first-order valence-corrected chi connectivity index (χ1v) is 7.63. The molecule has 5 heteroatoms. The summed E-state index contributed by atoms with van der Waals surface area (Å²) in [5.74, 6) is 5.44. The van der Waals surface area contributed by atoms with E-state index in [4.69, 9.17) is 0 Å². The average molecular weight is 322 g/mol. The summed E-state index contributed by atoms with van der Waals surface area (Å²) in [5.41, 5.74) is 0.328. The lowest BCUT2D eigenvalue weighted by atomic mass is 10.1. The highest BCUT2D eigenvalue weighted by Crippen LogP contribution is 2.29. The predicted octanol–water partition coefficient (Wildman–Crippen LogP) is 4.51. The maximum atomic E-state index is 12.5. The second-order valence-corrected chi connectivity index (χ2v) is 5.40. The topological polar surface area (TPSA) is 20.2 Å². The molecule has 0 fully saturated rings. The van der Waals surface area contributed by atoms with E-state index in [1.54, 1.807) is 11.8 Å². The third-order valence-corrected chi connectivity index (χ3v) is 3.74. The molecule has 0 aliphatic carbocycles. The number of thioether (sulfide) groups is 1. The Bertz CT molecular complexity index is 679. The summed E-state index contributed by atoms with van der Waals surface area (Å²) in [7, 11) is 0. The molecule has 0 radical (unpaired) electrons. The van der Waals surface area contributed by atoms with Crippen molar-refractivity contribution in [2.24, 2.45) is 0 Å². The van der Waals surface area contributed by atoms with E-state index in [1.807, 2.05) is 30.5 Å². The Morgan fingerprint density at radius 3 is 2.09 bits per heavy atom. The van der Waals surface area contributed by atoms with Crippen LogP contribution in [0.2, 0.25) is 0 Å². The fraction of sp³-hybridized carbons (Fsp3) is 0.176. The van der Waals surface area contributed by atoms with Gasteiger partial charge in [0.1, 0.15) is 6.10 Å². The molecule has 1 nitrogen and oxygen atoms in total. The molecule has 1 N–H and O–H groups in total. The molecule has 0 aliphatic rings. The number of benzene rings is 2. The summed E-state index contributed by atoms with van der Waals surface area (Å²) in [5, 5.41) is 9.92. The van der Waals surface area contributed by atoms with E-state index in [2.05, 4.69) is 11.8 Å². The van der Waals surface area contributed by atoms with Crippen molar-refractivity contribution >= 4 is 11.8 Å². The van der Waals surface area contributed by atoms with Crippen LogP contribution in [0, 0.1) is 11.8 Å². The van der Waals surface area contributed by atoms with E-state index in [9.17, 15) is 18.3 Å². The summed E-state index contributed by atoms with van der Waals surface area (Å²) in [6.45, 7) is 0. The van der Waals surface area contributed by atoms with Gasteiger partial charge in [-0.15, -0.1) is 11.8 Å². The number of aliphatic hydroxyl groups excluding tert-OH is 1. The van der Waals surface area contributed by atoms with Crippen LogP contribution in [0.15, 0.2) is 53.4 Å². The van der Waals surface area contributed by atoms with Crippen molar-refractivity contribution in [1.29, 1.82) is 0 Å². The van der Waals surface area contributed by atoms with Crippen molar-refractivity contribution in [1.82, 2.24) is 0 Å². The molecule has 114 valence electrons. The molecule has 0 bridgehead atoms. The molecule has 0 saturated heterocycles.